The van der Waals surface area contributed by atoms with Crippen LogP contribution >= 0.6 is 12.6 Å². The molecule has 0 saturated carbocycles. The molecule has 2 aromatic rings. The van der Waals surface area contributed by atoms with Gasteiger partial charge < -0.3 is 46.4 Å². The molecule has 4 atom stereocenters. The summed E-state index contributed by atoms with van der Waals surface area (Å²) in [6.07, 6.45) is 5.71. The molecule has 2 rings (SSSR count). The molecule has 0 spiro atoms. The predicted molar refractivity (Wildman–Crippen MR) is 148 cm³/mol. The maximum atomic E-state index is 12.5. The van der Waals surface area contributed by atoms with E-state index in [2.05, 4.69) is 53.8 Å². The van der Waals surface area contributed by atoms with Crippen LogP contribution in [0.2, 0.25) is 0 Å². The van der Waals surface area contributed by atoms with Crippen molar-refractivity contribution >= 4 is 48.2 Å². The maximum Gasteiger partial charge on any atom is 0.328 e. The average molecular weight is 610 g/mol. The van der Waals surface area contributed by atoms with Crippen molar-refractivity contribution in [3.8, 4) is 0 Å². The number of thiol groups is 1. The molecule has 0 fully saturated rings. The van der Waals surface area contributed by atoms with Gasteiger partial charge in [0.15, 0.2) is 0 Å². The normalized spacial score (nSPS) is 13.5. The molecular weight excluding hydrogens is 574 g/mol. The van der Waals surface area contributed by atoms with Crippen LogP contribution in [0.4, 0.5) is 0 Å². The lowest BCUT2D eigenvalue weighted by molar-refractivity contribution is -0.145. The van der Waals surface area contributed by atoms with Gasteiger partial charge in [-0.3, -0.25) is 19.2 Å². The Kier molecular flexibility index (Phi) is 14.0. The van der Waals surface area contributed by atoms with Gasteiger partial charge in [0, 0.05) is 48.8 Å². The summed E-state index contributed by atoms with van der Waals surface area (Å²) in [5.74, 6) is -4.09. The zero-order valence-electron chi connectivity index (χ0n) is 23.0. The Morgan fingerprint density at radius 2 is 1.36 bits per heavy atom. The van der Waals surface area contributed by atoms with Gasteiger partial charge in [-0.05, 0) is 6.42 Å². The van der Waals surface area contributed by atoms with E-state index in [-0.39, 0.29) is 31.4 Å². The molecule has 4 amide bonds. The van der Waals surface area contributed by atoms with E-state index in [1.807, 2.05) is 0 Å². The lowest BCUT2D eigenvalue weighted by Gasteiger charge is -2.20. The van der Waals surface area contributed by atoms with Crippen LogP contribution < -0.4 is 27.0 Å². The third-order valence-corrected chi connectivity index (χ3v) is 6.22. The first-order valence-electron chi connectivity index (χ1n) is 12.7. The predicted octanol–water partition coefficient (Wildman–Crippen LogP) is -3.13. The minimum atomic E-state index is -1.14. The molecule has 0 saturated heterocycles. The van der Waals surface area contributed by atoms with Gasteiger partial charge in [-0.1, -0.05) is 0 Å². The Balaban J connectivity index is 1.80. The molecule has 0 aromatic carbocycles. The summed E-state index contributed by atoms with van der Waals surface area (Å²) in [6.45, 7) is -0.486. The zero-order chi connectivity index (χ0) is 31.1. The van der Waals surface area contributed by atoms with E-state index in [9.17, 15) is 28.8 Å². The van der Waals surface area contributed by atoms with Gasteiger partial charge in [0.25, 0.3) is 0 Å². The third-order valence-electron chi connectivity index (χ3n) is 5.86. The van der Waals surface area contributed by atoms with Crippen LogP contribution in [0.15, 0.2) is 25.0 Å². The summed E-state index contributed by atoms with van der Waals surface area (Å²) in [4.78, 5) is 87.3. The van der Waals surface area contributed by atoms with Crippen LogP contribution in [0.25, 0.3) is 0 Å². The van der Waals surface area contributed by atoms with E-state index < -0.39 is 66.3 Å². The van der Waals surface area contributed by atoms with Crippen LogP contribution in [-0.2, 0) is 51.1 Å². The minimum absolute atomic E-state index is 0.0925. The van der Waals surface area contributed by atoms with Gasteiger partial charge >= 0.3 is 11.9 Å². The Labute approximate surface area is 246 Å². The molecule has 0 aliphatic heterocycles. The van der Waals surface area contributed by atoms with E-state index in [1.165, 1.54) is 39.3 Å². The van der Waals surface area contributed by atoms with Crippen LogP contribution in [0, 0.1) is 0 Å². The fourth-order valence-corrected chi connectivity index (χ4v) is 3.85. The fraction of sp³-hybridized carbons (Fsp3) is 0.500. The first-order valence-corrected chi connectivity index (χ1v) is 13.3. The number of amides is 4. The number of aromatic nitrogens is 4. The number of aromatic amines is 2. The quantitative estimate of drug-likeness (QED) is 0.0657. The van der Waals surface area contributed by atoms with Crippen LogP contribution in [0.1, 0.15) is 24.2 Å². The molecule has 2 aromatic heterocycles. The van der Waals surface area contributed by atoms with Crippen LogP contribution in [0.3, 0.4) is 0 Å². The third kappa shape index (κ3) is 11.2. The number of hydrogen-bond acceptors (Lipinski definition) is 12. The summed E-state index contributed by atoms with van der Waals surface area (Å²) < 4.78 is 9.43. The molecule has 0 aliphatic rings. The molecule has 8 N–H and O–H groups in total. The minimum Gasteiger partial charge on any atom is -0.467 e. The number of ether oxygens (including phenoxy) is 2. The van der Waals surface area contributed by atoms with Crippen molar-refractivity contribution in [3.05, 3.63) is 36.4 Å². The van der Waals surface area contributed by atoms with Gasteiger partial charge in [0.2, 0.25) is 23.6 Å². The second-order valence-corrected chi connectivity index (χ2v) is 9.32. The summed E-state index contributed by atoms with van der Waals surface area (Å²) in [6, 6.07) is -4.28. The van der Waals surface area contributed by atoms with Gasteiger partial charge in [-0.15, -0.1) is 0 Å². The number of nitrogens with one attached hydrogen (secondary N) is 6. The molecule has 2 heterocycles. The molecule has 230 valence electrons. The lowest BCUT2D eigenvalue weighted by atomic mass is 10.1. The molecule has 42 heavy (non-hydrogen) atoms. The van der Waals surface area contributed by atoms with Crippen molar-refractivity contribution in [2.75, 3.05) is 26.5 Å². The molecule has 0 bridgehead atoms. The van der Waals surface area contributed by atoms with E-state index in [4.69, 9.17) is 15.2 Å². The number of H-pyrrole nitrogens is 2. The second kappa shape index (κ2) is 17.4. The number of methoxy groups -OCH3 is 2. The van der Waals surface area contributed by atoms with Crippen molar-refractivity contribution in [2.24, 2.45) is 5.73 Å². The highest BCUT2D eigenvalue weighted by molar-refractivity contribution is 7.80. The van der Waals surface area contributed by atoms with Gasteiger partial charge in [0.05, 0.1) is 39.5 Å². The SMILES string of the molecule is COC(=O)[C@H](Cc1cnc[nH]1)NC(=O)CNC(=O)[C@H](CS)NC(=O)CC[C@H](N)C(=O)N[C@@H](Cc1cnc[nH]1)C(=O)OC. The number of carbonyl (C=O) groups is 6. The van der Waals surface area contributed by atoms with Gasteiger partial charge in [-0.25, -0.2) is 19.6 Å². The topological polar surface area (TPSA) is 252 Å². The largest absolute Gasteiger partial charge is 0.467 e. The van der Waals surface area contributed by atoms with Gasteiger partial charge in [0.1, 0.15) is 18.1 Å². The molecule has 0 aliphatic carbocycles. The van der Waals surface area contributed by atoms with Crippen LogP contribution in [0.5, 0.6) is 0 Å². The Morgan fingerprint density at radius 3 is 1.83 bits per heavy atom. The highest BCUT2D eigenvalue weighted by Crippen LogP contribution is 2.04. The zero-order valence-corrected chi connectivity index (χ0v) is 23.9. The number of hydrogen-bond donors (Lipinski definition) is 8. The van der Waals surface area contributed by atoms with Crippen molar-refractivity contribution in [2.45, 2.75) is 49.9 Å². The highest BCUT2D eigenvalue weighted by Gasteiger charge is 2.27. The number of imidazole rings is 2. The lowest BCUT2D eigenvalue weighted by Crippen LogP contribution is -2.52. The molecule has 17 nitrogen and oxygen atoms in total. The van der Waals surface area contributed by atoms with Crippen molar-refractivity contribution in [3.63, 3.8) is 0 Å². The standard InChI is InChI=1S/C24H35N9O8S/c1-40-23(38)16(5-13-7-26-11-29-13)31-20(35)9-28-22(37)18(10-42)32-19(34)4-3-15(25)21(36)33-17(24(39)41-2)6-14-8-27-12-30-14/h7-8,11-12,15-18,42H,3-6,9-10,25H2,1-2H3,(H,26,29)(H,27,30)(H,28,37)(H,31,35)(H,32,34)(H,33,36)/t15-,16-,17-,18-/m0/s1. The second-order valence-electron chi connectivity index (χ2n) is 8.96. The smallest absolute Gasteiger partial charge is 0.328 e. The average Bonchev–Trinajstić information content (AvgIpc) is 3.70. The van der Waals surface area contributed by atoms with E-state index >= 15 is 0 Å². The first-order chi connectivity index (χ1) is 20.1. The summed E-state index contributed by atoms with van der Waals surface area (Å²) in [7, 11) is 2.36. The van der Waals surface area contributed by atoms with Crippen molar-refractivity contribution in [1.29, 1.82) is 0 Å². The summed E-state index contributed by atoms with van der Waals surface area (Å²) in [5, 5.41) is 9.80. The number of rotatable bonds is 17. The summed E-state index contributed by atoms with van der Waals surface area (Å²) >= 11 is 4.08. The maximum absolute atomic E-state index is 12.5. The van der Waals surface area contributed by atoms with E-state index in [0.29, 0.717) is 11.4 Å². The first kappa shape index (κ1) is 33.8. The van der Waals surface area contributed by atoms with Crippen molar-refractivity contribution < 1.29 is 38.2 Å². The van der Waals surface area contributed by atoms with Crippen LogP contribution in [-0.4, -0.2) is 106 Å². The highest BCUT2D eigenvalue weighted by atomic mass is 32.1. The van der Waals surface area contributed by atoms with E-state index in [1.54, 1.807) is 0 Å². The molecule has 0 radical (unpaired) electrons. The van der Waals surface area contributed by atoms with E-state index in [0.717, 1.165) is 0 Å². The van der Waals surface area contributed by atoms with Gasteiger partial charge in [-0.2, -0.15) is 12.6 Å². The fourth-order valence-electron chi connectivity index (χ4n) is 3.60. The number of carbonyl (C=O) groups excluding carboxylic acids is 6. The number of esters is 2. The Bertz CT molecular complexity index is 1190. The van der Waals surface area contributed by atoms with Crippen molar-refractivity contribution in [1.82, 2.24) is 41.2 Å². The molecule has 0 unspecified atom stereocenters. The summed E-state index contributed by atoms with van der Waals surface area (Å²) in [5.41, 5.74) is 7.08. The number of nitrogens with zero attached hydrogens (tertiary/aromatic N) is 2. The molecular formula is C24H35N9O8S. The monoisotopic (exact) mass is 609 g/mol. The Hall–Kier alpha value is -4.45. The number of nitrogens with two attached hydrogens (primary N) is 1. The molecule has 18 heteroatoms. The Morgan fingerprint density at radius 1 is 0.833 bits per heavy atom.